The van der Waals surface area contributed by atoms with Gasteiger partial charge in [0.15, 0.2) is 10.7 Å². The van der Waals surface area contributed by atoms with Crippen LogP contribution < -0.4 is 0 Å². The lowest BCUT2D eigenvalue weighted by atomic mass is 10.5. The van der Waals surface area contributed by atoms with E-state index in [-0.39, 0.29) is 0 Å². The average molecular weight is 119 g/mol. The van der Waals surface area contributed by atoms with Gasteiger partial charge in [-0.3, -0.25) is 0 Å². The standard InChI is InChI=1S/C3H5NO2S/c1-3(2-4)7(5)6/h3,7H,1H3. The van der Waals surface area contributed by atoms with Gasteiger partial charge in [-0.15, -0.1) is 0 Å². The summed E-state index contributed by atoms with van der Waals surface area (Å²) in [6.45, 7) is 1.34. The average Bonchev–Trinajstić information content (AvgIpc) is 1.65. The molecule has 3 nitrogen and oxygen atoms in total. The molecule has 0 radical (unpaired) electrons. The third kappa shape index (κ3) is 2.18. The maximum absolute atomic E-state index is 9.74. The Kier molecular flexibility index (Phi) is 2.38. The van der Waals surface area contributed by atoms with Gasteiger partial charge in [0.05, 0.1) is 6.07 Å². The fraction of sp³-hybridized carbons (Fsp3) is 0.667. The van der Waals surface area contributed by atoms with Crippen LogP contribution in [0.1, 0.15) is 6.92 Å². The van der Waals surface area contributed by atoms with Crippen molar-refractivity contribution in [3.63, 3.8) is 0 Å². The first-order valence-electron chi connectivity index (χ1n) is 1.71. The van der Waals surface area contributed by atoms with Crippen LogP contribution in [0.2, 0.25) is 0 Å². The maximum atomic E-state index is 9.74. The van der Waals surface area contributed by atoms with Gasteiger partial charge in [-0.25, -0.2) is 8.42 Å². The molecule has 0 aromatic carbocycles. The molecule has 0 bridgehead atoms. The molecule has 7 heavy (non-hydrogen) atoms. The van der Waals surface area contributed by atoms with Crippen LogP contribution in [0.3, 0.4) is 0 Å². The molecule has 0 heterocycles. The second-order valence-electron chi connectivity index (χ2n) is 1.09. The Hall–Kier alpha value is -0.560. The zero-order valence-electron chi connectivity index (χ0n) is 3.79. The molecule has 0 saturated carbocycles. The topological polar surface area (TPSA) is 57.9 Å². The molecule has 40 valence electrons. The zero-order valence-corrected chi connectivity index (χ0v) is 4.68. The molecule has 0 N–H and O–H groups in total. The highest BCUT2D eigenvalue weighted by atomic mass is 32.2. The molecule has 0 aromatic heterocycles. The zero-order chi connectivity index (χ0) is 5.86. The van der Waals surface area contributed by atoms with Gasteiger partial charge in [-0.1, -0.05) is 0 Å². The summed E-state index contributed by atoms with van der Waals surface area (Å²) in [7, 11) is -2.52. The van der Waals surface area contributed by atoms with Crippen LogP contribution in [0.4, 0.5) is 0 Å². The molecule has 0 aliphatic heterocycles. The van der Waals surface area contributed by atoms with Crippen LogP contribution in [0.25, 0.3) is 0 Å². The molecule has 0 amide bonds. The summed E-state index contributed by atoms with van der Waals surface area (Å²) in [5, 5.41) is 7.03. The SMILES string of the molecule is CC(C#N)[SH](=O)=O. The molecular formula is C3H5NO2S. The number of nitrogens with zero attached hydrogens (tertiary/aromatic N) is 1. The highest BCUT2D eigenvalue weighted by Crippen LogP contribution is 1.79. The molecule has 4 heteroatoms. The normalized spacial score (nSPS) is 13.3. The quantitative estimate of drug-likeness (QED) is 0.474. The first-order chi connectivity index (χ1) is 3.18. The van der Waals surface area contributed by atoms with Crippen LogP contribution in [-0.2, 0) is 10.7 Å². The fourth-order valence-corrected chi connectivity index (χ4v) is 0.141. The summed E-state index contributed by atoms with van der Waals surface area (Å²) in [6, 6.07) is 1.57. The summed E-state index contributed by atoms with van der Waals surface area (Å²) >= 11 is 0. The van der Waals surface area contributed by atoms with Crippen LogP contribution in [0.15, 0.2) is 0 Å². The molecule has 0 saturated heterocycles. The molecule has 1 atom stereocenters. The van der Waals surface area contributed by atoms with Gasteiger partial charge in [-0.2, -0.15) is 5.26 Å². The fourth-order valence-electron chi connectivity index (χ4n) is 0.0471. The van der Waals surface area contributed by atoms with Crippen molar-refractivity contribution >= 4 is 10.7 Å². The van der Waals surface area contributed by atoms with E-state index in [2.05, 4.69) is 0 Å². The minimum Gasteiger partial charge on any atom is -0.231 e. The Morgan fingerprint density at radius 2 is 2.14 bits per heavy atom. The lowest BCUT2D eigenvalue weighted by molar-refractivity contribution is 0.611. The molecule has 0 aromatic rings. The monoisotopic (exact) mass is 119 g/mol. The van der Waals surface area contributed by atoms with Crippen LogP contribution in [0, 0.1) is 11.3 Å². The van der Waals surface area contributed by atoms with E-state index in [0.717, 1.165) is 0 Å². The second kappa shape index (κ2) is 2.59. The predicted octanol–water partition coefficient (Wildman–Crippen LogP) is -0.490. The third-order valence-corrected chi connectivity index (χ3v) is 1.25. The van der Waals surface area contributed by atoms with Crippen molar-refractivity contribution in [2.75, 3.05) is 0 Å². The van der Waals surface area contributed by atoms with E-state index in [9.17, 15) is 8.42 Å². The van der Waals surface area contributed by atoms with E-state index in [4.69, 9.17) is 5.26 Å². The molecule has 0 aliphatic rings. The van der Waals surface area contributed by atoms with Crippen LogP contribution in [0.5, 0.6) is 0 Å². The van der Waals surface area contributed by atoms with Gasteiger partial charge >= 0.3 is 0 Å². The minimum absolute atomic E-state index is 0.838. The number of hydrogen-bond acceptors (Lipinski definition) is 3. The number of hydrogen-bond donors (Lipinski definition) is 1. The molecule has 1 unspecified atom stereocenters. The van der Waals surface area contributed by atoms with Gasteiger partial charge in [0, 0.05) is 0 Å². The first kappa shape index (κ1) is 6.44. The van der Waals surface area contributed by atoms with Crippen molar-refractivity contribution in [3.05, 3.63) is 0 Å². The Labute approximate surface area is 43.5 Å². The van der Waals surface area contributed by atoms with Crippen molar-refractivity contribution < 1.29 is 8.42 Å². The van der Waals surface area contributed by atoms with Gasteiger partial charge < -0.3 is 0 Å². The van der Waals surface area contributed by atoms with Crippen molar-refractivity contribution in [1.82, 2.24) is 0 Å². The maximum Gasteiger partial charge on any atom is 0.156 e. The minimum atomic E-state index is -2.52. The highest BCUT2D eigenvalue weighted by Gasteiger charge is 1.96. The van der Waals surface area contributed by atoms with Gasteiger partial charge in [-0.05, 0) is 6.92 Å². The number of nitriles is 1. The van der Waals surface area contributed by atoms with Gasteiger partial charge in [0.1, 0.15) is 5.25 Å². The van der Waals surface area contributed by atoms with E-state index in [1.165, 1.54) is 6.92 Å². The Morgan fingerprint density at radius 3 is 2.14 bits per heavy atom. The van der Waals surface area contributed by atoms with Crippen molar-refractivity contribution in [3.8, 4) is 6.07 Å². The van der Waals surface area contributed by atoms with Gasteiger partial charge in [0.2, 0.25) is 0 Å². The summed E-state index contributed by atoms with van der Waals surface area (Å²) in [4.78, 5) is 0. The molecule has 0 aliphatic carbocycles. The predicted molar refractivity (Wildman–Crippen MR) is 25.4 cm³/mol. The Bertz CT molecular complexity index is 147. The van der Waals surface area contributed by atoms with E-state index < -0.39 is 16.0 Å². The smallest absolute Gasteiger partial charge is 0.156 e. The van der Waals surface area contributed by atoms with Crippen LogP contribution in [-0.4, -0.2) is 13.7 Å². The number of rotatable bonds is 1. The molecule has 0 rings (SSSR count). The summed E-state index contributed by atoms with van der Waals surface area (Å²) in [5.74, 6) is 0. The second-order valence-corrected chi connectivity index (χ2v) is 2.44. The van der Waals surface area contributed by atoms with E-state index in [1.807, 2.05) is 0 Å². The van der Waals surface area contributed by atoms with E-state index >= 15 is 0 Å². The first-order valence-corrected chi connectivity index (χ1v) is 2.96. The van der Waals surface area contributed by atoms with Crippen molar-refractivity contribution in [2.24, 2.45) is 0 Å². The lowest BCUT2D eigenvalue weighted by Gasteiger charge is -1.79. The molecule has 0 spiro atoms. The Balaban J connectivity index is 3.89. The highest BCUT2D eigenvalue weighted by molar-refractivity contribution is 7.73. The van der Waals surface area contributed by atoms with Crippen molar-refractivity contribution in [1.29, 1.82) is 5.26 Å². The Morgan fingerprint density at radius 1 is 1.71 bits per heavy atom. The third-order valence-electron chi connectivity index (χ3n) is 0.503. The summed E-state index contributed by atoms with van der Waals surface area (Å²) < 4.78 is 19.5. The molecular weight excluding hydrogens is 114 g/mol. The summed E-state index contributed by atoms with van der Waals surface area (Å²) in [5.41, 5.74) is 0. The van der Waals surface area contributed by atoms with E-state index in [1.54, 1.807) is 6.07 Å². The van der Waals surface area contributed by atoms with Crippen molar-refractivity contribution in [2.45, 2.75) is 12.2 Å². The molecule has 0 fully saturated rings. The summed E-state index contributed by atoms with van der Waals surface area (Å²) in [6.07, 6.45) is 0. The van der Waals surface area contributed by atoms with Crippen LogP contribution >= 0.6 is 0 Å². The largest absolute Gasteiger partial charge is 0.231 e. The van der Waals surface area contributed by atoms with Gasteiger partial charge in [0.25, 0.3) is 0 Å². The van der Waals surface area contributed by atoms with E-state index in [0.29, 0.717) is 0 Å². The number of thiol groups is 1. The lowest BCUT2D eigenvalue weighted by Crippen LogP contribution is -1.97.